The Morgan fingerprint density at radius 3 is 2.32 bits per heavy atom. The molecule has 3 rings (SSSR count). The van der Waals surface area contributed by atoms with Crippen LogP contribution >= 0.6 is 0 Å². The summed E-state index contributed by atoms with van der Waals surface area (Å²) in [4.78, 5) is 47.9. The number of carbonyl (C=O) groups excluding carboxylic acids is 2. The van der Waals surface area contributed by atoms with Crippen molar-refractivity contribution in [2.45, 2.75) is 32.9 Å². The normalized spacial score (nSPS) is 14.8. The molecule has 3 heterocycles. The van der Waals surface area contributed by atoms with Crippen molar-refractivity contribution in [3.8, 4) is 11.6 Å². The van der Waals surface area contributed by atoms with E-state index in [2.05, 4.69) is 19.6 Å². The molecule has 0 bridgehead atoms. The van der Waals surface area contributed by atoms with Crippen molar-refractivity contribution in [3.05, 3.63) is 29.0 Å². The topological polar surface area (TPSA) is 124 Å². The maximum Gasteiger partial charge on any atom is 0.442 e. The fourth-order valence-corrected chi connectivity index (χ4v) is 2.68. The first-order valence-corrected chi connectivity index (χ1v) is 8.84. The van der Waals surface area contributed by atoms with Gasteiger partial charge in [-0.1, -0.05) is 5.16 Å². The van der Waals surface area contributed by atoms with Crippen molar-refractivity contribution in [1.82, 2.24) is 29.5 Å². The average molecular weight is 390 g/mol. The van der Waals surface area contributed by atoms with Crippen LogP contribution in [0.5, 0.6) is 0 Å². The molecule has 0 aromatic carbocycles. The van der Waals surface area contributed by atoms with Crippen molar-refractivity contribution < 1.29 is 18.8 Å². The number of aromatic nitrogens is 4. The lowest BCUT2D eigenvalue weighted by Crippen LogP contribution is -2.52. The van der Waals surface area contributed by atoms with Gasteiger partial charge in [-0.05, 0) is 26.8 Å². The summed E-state index contributed by atoms with van der Waals surface area (Å²) in [5.74, 6) is -0.767. The zero-order chi connectivity index (χ0) is 20.3. The number of piperazine rings is 1. The number of hydrogen-bond donors (Lipinski definition) is 0. The van der Waals surface area contributed by atoms with Gasteiger partial charge in [0.15, 0.2) is 5.82 Å². The smallest absolute Gasteiger partial charge is 0.442 e. The van der Waals surface area contributed by atoms with Gasteiger partial charge in [0.25, 0.3) is 0 Å². The zero-order valence-corrected chi connectivity index (χ0v) is 16.0. The van der Waals surface area contributed by atoms with E-state index in [4.69, 9.17) is 4.74 Å². The number of nitrogens with zero attached hydrogens (tertiary/aromatic N) is 6. The van der Waals surface area contributed by atoms with Crippen LogP contribution in [-0.2, 0) is 16.1 Å². The van der Waals surface area contributed by atoms with E-state index < -0.39 is 17.5 Å². The Kier molecular flexibility index (Phi) is 5.43. The van der Waals surface area contributed by atoms with Gasteiger partial charge in [-0.3, -0.25) is 9.32 Å². The molecule has 0 unspecified atom stereocenters. The molecular formula is C17H22N6O5. The van der Waals surface area contributed by atoms with Crippen molar-refractivity contribution in [1.29, 1.82) is 0 Å². The quantitative estimate of drug-likeness (QED) is 0.736. The molecule has 0 aliphatic carbocycles. The van der Waals surface area contributed by atoms with Gasteiger partial charge in [-0.15, -0.1) is 0 Å². The first-order valence-electron chi connectivity index (χ1n) is 8.84. The molecule has 2 aromatic rings. The number of ether oxygens (including phenoxy) is 1. The summed E-state index contributed by atoms with van der Waals surface area (Å²) in [6, 6.07) is 1.63. The number of hydrogen-bond acceptors (Lipinski definition) is 8. The van der Waals surface area contributed by atoms with E-state index >= 15 is 0 Å². The Hall–Kier alpha value is -3.24. The molecule has 0 atom stereocenters. The van der Waals surface area contributed by atoms with Crippen LogP contribution in [0.2, 0.25) is 0 Å². The largest absolute Gasteiger partial charge is 0.444 e. The fraction of sp³-hybridized carbons (Fsp3) is 0.529. The summed E-state index contributed by atoms with van der Waals surface area (Å²) < 4.78 is 11.1. The first kappa shape index (κ1) is 19.5. The Bertz CT molecular complexity index is 893. The molecule has 1 aliphatic heterocycles. The standard InChI is InChI=1S/C17H22N6O5/c1-17(2,3)27-15(25)22-9-7-21(8-10-22)12(24)11-23-14(20-28-16(23)26)13-18-5-4-6-19-13/h4-6H,7-11H2,1-3H3. The SMILES string of the molecule is CC(C)(C)OC(=O)N1CCN(C(=O)Cn2c(-c3ncccn3)noc2=O)CC1. The third-order valence-corrected chi connectivity index (χ3v) is 4.03. The molecular weight excluding hydrogens is 368 g/mol. The van der Waals surface area contributed by atoms with Crippen LogP contribution in [0.4, 0.5) is 4.79 Å². The van der Waals surface area contributed by atoms with E-state index in [1.165, 1.54) is 12.4 Å². The van der Waals surface area contributed by atoms with Crippen LogP contribution in [0.1, 0.15) is 20.8 Å². The van der Waals surface area contributed by atoms with Crippen LogP contribution in [-0.4, -0.2) is 73.3 Å². The van der Waals surface area contributed by atoms with Crippen LogP contribution in [0.3, 0.4) is 0 Å². The lowest BCUT2D eigenvalue weighted by Gasteiger charge is -2.35. The highest BCUT2D eigenvalue weighted by molar-refractivity contribution is 5.77. The number of amides is 2. The predicted octanol–water partition coefficient (Wildman–Crippen LogP) is 0.373. The van der Waals surface area contributed by atoms with E-state index in [-0.39, 0.29) is 24.1 Å². The maximum atomic E-state index is 12.6. The fourth-order valence-electron chi connectivity index (χ4n) is 2.68. The first-order chi connectivity index (χ1) is 13.2. The second-order valence-corrected chi connectivity index (χ2v) is 7.28. The minimum atomic E-state index is -0.761. The van der Waals surface area contributed by atoms with Crippen molar-refractivity contribution >= 4 is 12.0 Å². The summed E-state index contributed by atoms with van der Waals surface area (Å²) in [5, 5.41) is 3.66. The summed E-state index contributed by atoms with van der Waals surface area (Å²) in [7, 11) is 0. The highest BCUT2D eigenvalue weighted by Crippen LogP contribution is 2.13. The van der Waals surface area contributed by atoms with Gasteiger partial charge in [-0.2, -0.15) is 0 Å². The van der Waals surface area contributed by atoms with Crippen molar-refractivity contribution in [2.75, 3.05) is 26.2 Å². The van der Waals surface area contributed by atoms with Crippen molar-refractivity contribution in [3.63, 3.8) is 0 Å². The van der Waals surface area contributed by atoms with Gasteiger partial charge in [0.05, 0.1) is 0 Å². The maximum absolute atomic E-state index is 12.6. The molecule has 11 heteroatoms. The van der Waals surface area contributed by atoms with Crippen LogP contribution in [0.25, 0.3) is 11.6 Å². The second kappa shape index (κ2) is 7.79. The lowest BCUT2D eigenvalue weighted by atomic mass is 10.2. The second-order valence-electron chi connectivity index (χ2n) is 7.28. The van der Waals surface area contributed by atoms with Gasteiger partial charge >= 0.3 is 11.8 Å². The molecule has 0 saturated carbocycles. The third-order valence-electron chi connectivity index (χ3n) is 4.03. The monoisotopic (exact) mass is 390 g/mol. The van der Waals surface area contributed by atoms with Crippen molar-refractivity contribution in [2.24, 2.45) is 0 Å². The molecule has 2 amide bonds. The average Bonchev–Trinajstić information content (AvgIpc) is 3.01. The molecule has 11 nitrogen and oxygen atoms in total. The van der Waals surface area contributed by atoms with Gasteiger partial charge < -0.3 is 14.5 Å². The Morgan fingerprint density at radius 1 is 1.11 bits per heavy atom. The van der Waals surface area contributed by atoms with Crippen LogP contribution in [0, 0.1) is 0 Å². The molecule has 0 spiro atoms. The third kappa shape index (κ3) is 4.53. The van der Waals surface area contributed by atoms with Crippen LogP contribution < -0.4 is 5.76 Å². The Balaban J connectivity index is 1.62. The highest BCUT2D eigenvalue weighted by atomic mass is 16.6. The molecule has 1 aliphatic rings. The molecule has 150 valence electrons. The molecule has 28 heavy (non-hydrogen) atoms. The lowest BCUT2D eigenvalue weighted by molar-refractivity contribution is -0.133. The number of carbonyl (C=O) groups is 2. The Labute approximate surface area is 160 Å². The summed E-state index contributed by atoms with van der Waals surface area (Å²) >= 11 is 0. The number of rotatable bonds is 3. The van der Waals surface area contributed by atoms with Gasteiger partial charge in [0, 0.05) is 38.6 Å². The highest BCUT2D eigenvalue weighted by Gasteiger charge is 2.28. The molecule has 1 fully saturated rings. The van der Waals surface area contributed by atoms with Gasteiger partial charge in [0.2, 0.25) is 11.7 Å². The van der Waals surface area contributed by atoms with Gasteiger partial charge in [-0.25, -0.2) is 24.1 Å². The molecule has 0 radical (unpaired) electrons. The van der Waals surface area contributed by atoms with E-state index in [1.807, 2.05) is 0 Å². The molecule has 1 saturated heterocycles. The Morgan fingerprint density at radius 2 is 1.71 bits per heavy atom. The van der Waals surface area contributed by atoms with Gasteiger partial charge in [0.1, 0.15) is 12.1 Å². The predicted molar refractivity (Wildman–Crippen MR) is 96.2 cm³/mol. The molecule has 2 aromatic heterocycles. The van der Waals surface area contributed by atoms with E-state index in [1.54, 1.807) is 36.6 Å². The van der Waals surface area contributed by atoms with Crippen LogP contribution in [0.15, 0.2) is 27.8 Å². The zero-order valence-electron chi connectivity index (χ0n) is 16.0. The summed E-state index contributed by atoms with van der Waals surface area (Å²) in [6.45, 7) is 6.55. The summed E-state index contributed by atoms with van der Waals surface area (Å²) in [5.41, 5.74) is -0.574. The molecule has 0 N–H and O–H groups in total. The van der Waals surface area contributed by atoms with E-state index in [9.17, 15) is 14.4 Å². The minimum Gasteiger partial charge on any atom is -0.444 e. The van der Waals surface area contributed by atoms with E-state index in [0.717, 1.165) is 4.57 Å². The van der Waals surface area contributed by atoms with E-state index in [0.29, 0.717) is 26.2 Å². The minimum absolute atomic E-state index is 0.0892. The summed E-state index contributed by atoms with van der Waals surface area (Å²) in [6.07, 6.45) is 2.60.